The molecule has 1 amide bonds. The summed E-state index contributed by atoms with van der Waals surface area (Å²) in [5.74, 6) is 1.29. The van der Waals surface area contributed by atoms with E-state index in [9.17, 15) is 4.79 Å². The lowest BCUT2D eigenvalue weighted by molar-refractivity contribution is -0.138. The van der Waals surface area contributed by atoms with Crippen molar-refractivity contribution < 1.29 is 9.53 Å². The number of piperidine rings is 1. The monoisotopic (exact) mass is 252 g/mol. The maximum absolute atomic E-state index is 12.0. The summed E-state index contributed by atoms with van der Waals surface area (Å²) in [5.41, 5.74) is 0. The van der Waals surface area contributed by atoms with Crippen molar-refractivity contribution in [2.75, 3.05) is 33.4 Å². The highest BCUT2D eigenvalue weighted by Gasteiger charge is 2.43. The van der Waals surface area contributed by atoms with E-state index in [1.165, 1.54) is 25.9 Å². The molecule has 0 spiro atoms. The van der Waals surface area contributed by atoms with Gasteiger partial charge in [-0.2, -0.15) is 0 Å². The van der Waals surface area contributed by atoms with Gasteiger partial charge in [-0.05, 0) is 31.6 Å². The number of hydrogen-bond donors (Lipinski definition) is 0. The summed E-state index contributed by atoms with van der Waals surface area (Å²) >= 11 is 0. The molecule has 0 N–H and O–H groups in total. The molecule has 0 radical (unpaired) electrons. The van der Waals surface area contributed by atoms with E-state index < -0.39 is 0 Å². The summed E-state index contributed by atoms with van der Waals surface area (Å²) in [6.45, 7) is 3.89. The Morgan fingerprint density at radius 1 is 1.22 bits per heavy atom. The molecule has 1 saturated carbocycles. The molecule has 102 valence electrons. The summed E-state index contributed by atoms with van der Waals surface area (Å²) in [4.78, 5) is 16.8. The van der Waals surface area contributed by atoms with Crippen LogP contribution in [0.3, 0.4) is 0 Å². The summed E-state index contributed by atoms with van der Waals surface area (Å²) in [6.07, 6.45) is 5.79. The summed E-state index contributed by atoms with van der Waals surface area (Å²) in [6, 6.07) is 1.08. The first-order chi connectivity index (χ1) is 8.79. The van der Waals surface area contributed by atoms with Crippen LogP contribution in [-0.4, -0.2) is 61.1 Å². The van der Waals surface area contributed by atoms with Crippen LogP contribution in [0.4, 0.5) is 0 Å². The summed E-state index contributed by atoms with van der Waals surface area (Å²) < 4.78 is 5.14. The van der Waals surface area contributed by atoms with Gasteiger partial charge in [0.05, 0.1) is 6.61 Å². The molecular formula is C14H24N2O2. The van der Waals surface area contributed by atoms with Crippen LogP contribution >= 0.6 is 0 Å². The highest BCUT2D eigenvalue weighted by molar-refractivity contribution is 5.77. The second-order valence-electron chi connectivity index (χ2n) is 5.98. The molecule has 2 aliphatic heterocycles. The van der Waals surface area contributed by atoms with Gasteiger partial charge in [0.1, 0.15) is 0 Å². The summed E-state index contributed by atoms with van der Waals surface area (Å²) in [7, 11) is 1.71. The maximum atomic E-state index is 12.0. The molecule has 0 aromatic rings. The Hall–Kier alpha value is -0.610. The van der Waals surface area contributed by atoms with Crippen LogP contribution in [0.2, 0.25) is 0 Å². The molecule has 0 aromatic heterocycles. The van der Waals surface area contributed by atoms with E-state index in [2.05, 4.69) is 9.80 Å². The molecule has 0 bridgehead atoms. The van der Waals surface area contributed by atoms with Crippen molar-refractivity contribution in [2.24, 2.45) is 5.92 Å². The average molecular weight is 252 g/mol. The molecule has 0 aromatic carbocycles. The fourth-order valence-corrected chi connectivity index (χ4v) is 3.58. The van der Waals surface area contributed by atoms with Crippen LogP contribution in [0.5, 0.6) is 0 Å². The van der Waals surface area contributed by atoms with Crippen molar-refractivity contribution in [1.82, 2.24) is 9.80 Å². The van der Waals surface area contributed by atoms with E-state index >= 15 is 0 Å². The van der Waals surface area contributed by atoms with Gasteiger partial charge in [-0.25, -0.2) is 0 Å². The van der Waals surface area contributed by atoms with E-state index in [0.29, 0.717) is 24.6 Å². The molecule has 3 fully saturated rings. The predicted molar refractivity (Wildman–Crippen MR) is 69.3 cm³/mol. The zero-order valence-corrected chi connectivity index (χ0v) is 11.3. The zero-order chi connectivity index (χ0) is 12.5. The molecule has 2 heterocycles. The van der Waals surface area contributed by atoms with Gasteiger partial charge in [-0.1, -0.05) is 0 Å². The highest BCUT2D eigenvalue weighted by atomic mass is 16.5. The van der Waals surface area contributed by atoms with Gasteiger partial charge in [0, 0.05) is 45.2 Å². The fraction of sp³-hybridized carbons (Fsp3) is 0.929. The van der Waals surface area contributed by atoms with E-state index in [0.717, 1.165) is 31.7 Å². The predicted octanol–water partition coefficient (Wildman–Crippen LogP) is 1.11. The topological polar surface area (TPSA) is 32.8 Å². The van der Waals surface area contributed by atoms with E-state index in [1.807, 2.05) is 0 Å². The van der Waals surface area contributed by atoms with Crippen LogP contribution in [-0.2, 0) is 9.53 Å². The Balaban J connectivity index is 1.63. The second kappa shape index (κ2) is 5.17. The second-order valence-corrected chi connectivity index (χ2v) is 5.98. The third kappa shape index (κ3) is 2.41. The SMILES string of the molecule is COCCN1C(=O)CC[C@@H]2[C@H]1CCN2CC1CC1. The van der Waals surface area contributed by atoms with Gasteiger partial charge in [-0.15, -0.1) is 0 Å². The van der Waals surface area contributed by atoms with Crippen LogP contribution in [0.15, 0.2) is 0 Å². The molecule has 2 saturated heterocycles. The smallest absolute Gasteiger partial charge is 0.223 e. The van der Waals surface area contributed by atoms with Gasteiger partial charge in [0.15, 0.2) is 0 Å². The molecule has 3 aliphatic rings. The van der Waals surface area contributed by atoms with Crippen molar-refractivity contribution in [2.45, 2.75) is 44.2 Å². The Labute approximate surface area is 109 Å². The minimum absolute atomic E-state index is 0.335. The number of hydrogen-bond acceptors (Lipinski definition) is 3. The minimum Gasteiger partial charge on any atom is -0.383 e. The molecule has 4 nitrogen and oxygen atoms in total. The molecule has 4 heteroatoms. The average Bonchev–Trinajstić information content (AvgIpc) is 3.09. The Morgan fingerprint density at radius 3 is 2.78 bits per heavy atom. The molecule has 2 atom stereocenters. The van der Waals surface area contributed by atoms with Gasteiger partial charge in [0.25, 0.3) is 0 Å². The number of fused-ring (bicyclic) bond motifs is 1. The molecule has 0 unspecified atom stereocenters. The van der Waals surface area contributed by atoms with E-state index in [1.54, 1.807) is 7.11 Å². The van der Waals surface area contributed by atoms with Crippen LogP contribution < -0.4 is 0 Å². The first kappa shape index (κ1) is 12.4. The number of carbonyl (C=O) groups excluding carboxylic acids is 1. The van der Waals surface area contributed by atoms with Crippen molar-refractivity contribution in [1.29, 1.82) is 0 Å². The van der Waals surface area contributed by atoms with Crippen LogP contribution in [0.25, 0.3) is 0 Å². The van der Waals surface area contributed by atoms with Crippen LogP contribution in [0.1, 0.15) is 32.1 Å². The standard InChI is InChI=1S/C14H24N2O2/c1-18-9-8-16-13-6-7-15(10-11-2-3-11)12(13)4-5-14(16)17/h11-13H,2-10H2,1H3/t12-,13-/m1/s1. The van der Waals surface area contributed by atoms with Crippen molar-refractivity contribution in [3.05, 3.63) is 0 Å². The van der Waals surface area contributed by atoms with Crippen LogP contribution in [0, 0.1) is 5.92 Å². The van der Waals surface area contributed by atoms with Gasteiger partial charge in [-0.3, -0.25) is 9.69 Å². The molecule has 1 aliphatic carbocycles. The maximum Gasteiger partial charge on any atom is 0.223 e. The normalized spacial score (nSPS) is 32.9. The first-order valence-corrected chi connectivity index (χ1v) is 7.32. The Morgan fingerprint density at radius 2 is 2.06 bits per heavy atom. The molecule has 3 rings (SSSR count). The third-order valence-corrected chi connectivity index (χ3v) is 4.73. The largest absolute Gasteiger partial charge is 0.383 e. The number of methoxy groups -OCH3 is 1. The lowest BCUT2D eigenvalue weighted by Gasteiger charge is -2.39. The fourth-order valence-electron chi connectivity index (χ4n) is 3.58. The van der Waals surface area contributed by atoms with Crippen molar-refractivity contribution >= 4 is 5.91 Å². The summed E-state index contributed by atoms with van der Waals surface area (Å²) in [5, 5.41) is 0. The Bertz CT molecular complexity index is 317. The van der Waals surface area contributed by atoms with Crippen molar-refractivity contribution in [3.8, 4) is 0 Å². The van der Waals surface area contributed by atoms with E-state index in [4.69, 9.17) is 4.74 Å². The lowest BCUT2D eigenvalue weighted by atomic mass is 9.96. The number of likely N-dealkylation sites (tertiary alicyclic amines) is 2. The van der Waals surface area contributed by atoms with Crippen molar-refractivity contribution in [3.63, 3.8) is 0 Å². The number of carbonyl (C=O) groups is 1. The number of ether oxygens (including phenoxy) is 1. The number of rotatable bonds is 5. The molecular weight excluding hydrogens is 228 g/mol. The quantitative estimate of drug-likeness (QED) is 0.735. The van der Waals surface area contributed by atoms with E-state index in [-0.39, 0.29) is 0 Å². The number of nitrogens with zero attached hydrogens (tertiary/aromatic N) is 2. The number of amides is 1. The lowest BCUT2D eigenvalue weighted by Crippen LogP contribution is -2.53. The minimum atomic E-state index is 0.335. The third-order valence-electron chi connectivity index (χ3n) is 4.73. The van der Waals surface area contributed by atoms with Gasteiger partial charge >= 0.3 is 0 Å². The Kier molecular flexibility index (Phi) is 3.57. The highest BCUT2D eigenvalue weighted by Crippen LogP contribution is 2.36. The van der Waals surface area contributed by atoms with Gasteiger partial charge < -0.3 is 9.64 Å². The van der Waals surface area contributed by atoms with Gasteiger partial charge in [0.2, 0.25) is 5.91 Å². The molecule has 18 heavy (non-hydrogen) atoms. The zero-order valence-electron chi connectivity index (χ0n) is 11.3. The first-order valence-electron chi connectivity index (χ1n) is 7.32.